The molecule has 3 rings (SSSR count). The Kier molecular flexibility index (Phi) is 10.2. The summed E-state index contributed by atoms with van der Waals surface area (Å²) in [5.41, 5.74) is 8.81. The van der Waals surface area contributed by atoms with Crippen LogP contribution in [0.25, 0.3) is 0 Å². The minimum absolute atomic E-state index is 0.0316. The van der Waals surface area contributed by atoms with Crippen molar-refractivity contribution >= 4 is 23.1 Å². The maximum atomic E-state index is 13.6. The number of benzene rings is 2. The lowest BCUT2D eigenvalue weighted by atomic mass is 10.0. The van der Waals surface area contributed by atoms with Gasteiger partial charge >= 0.3 is 5.97 Å². The molecular weight excluding hydrogens is 486 g/mol. The molecule has 0 aliphatic carbocycles. The molecule has 3 aromatic rings. The first kappa shape index (κ1) is 27.6. The maximum absolute atomic E-state index is 13.6. The summed E-state index contributed by atoms with van der Waals surface area (Å²) in [7, 11) is 0. The fraction of sp³-hybridized carbons (Fsp3) is 0.333. The number of ketones is 1. The molecule has 1 heterocycles. The quantitative estimate of drug-likeness (QED) is 0.236. The molecule has 1 aromatic heterocycles. The van der Waals surface area contributed by atoms with Crippen molar-refractivity contribution in [1.29, 1.82) is 0 Å². The lowest BCUT2D eigenvalue weighted by Crippen LogP contribution is -2.47. The number of hydrogen-bond acceptors (Lipinski definition) is 7. The number of aliphatic hydroxyl groups is 1. The molecule has 0 spiro atoms. The summed E-state index contributed by atoms with van der Waals surface area (Å²) in [6.45, 7) is 2.67. The van der Waals surface area contributed by atoms with Gasteiger partial charge in [-0.15, -0.1) is 11.3 Å². The molecule has 1 unspecified atom stereocenters. The number of carbonyl (C=O) groups excluding carboxylic acids is 2. The maximum Gasteiger partial charge on any atom is 0.335 e. The molecule has 0 aliphatic heterocycles. The molecule has 0 saturated heterocycles. The van der Waals surface area contributed by atoms with E-state index in [1.54, 1.807) is 17.5 Å². The fourth-order valence-corrected chi connectivity index (χ4v) is 4.43. The number of hydrogen-bond donors (Lipinski definition) is 3. The van der Waals surface area contributed by atoms with Crippen LogP contribution in [0.5, 0.6) is 0 Å². The number of nitrogens with two attached hydrogens (primary N) is 1. The molecule has 192 valence electrons. The second kappa shape index (κ2) is 13.4. The smallest absolute Gasteiger partial charge is 0.335 e. The Morgan fingerprint density at radius 1 is 1.06 bits per heavy atom. The van der Waals surface area contributed by atoms with Crippen LogP contribution in [0.1, 0.15) is 39.7 Å². The highest BCUT2D eigenvalue weighted by Gasteiger charge is 2.28. The summed E-state index contributed by atoms with van der Waals surface area (Å²) in [5.74, 6) is -2.83. The summed E-state index contributed by atoms with van der Waals surface area (Å²) in [6, 6.07) is 13.6. The molecule has 0 saturated carbocycles. The van der Waals surface area contributed by atoms with E-state index in [9.17, 15) is 23.5 Å². The van der Waals surface area contributed by atoms with Crippen LogP contribution in [0.4, 0.5) is 8.78 Å². The number of aryl methyl sites for hydroxylation is 1. The van der Waals surface area contributed by atoms with Gasteiger partial charge in [-0.05, 0) is 53.1 Å². The van der Waals surface area contributed by atoms with Gasteiger partial charge in [-0.1, -0.05) is 37.3 Å². The normalized spacial score (nSPS) is 13.7. The van der Waals surface area contributed by atoms with Crippen LogP contribution >= 0.6 is 11.3 Å². The van der Waals surface area contributed by atoms with Gasteiger partial charge in [0.25, 0.3) is 0 Å². The van der Waals surface area contributed by atoms with Gasteiger partial charge in [0.05, 0.1) is 4.88 Å². The topological polar surface area (TPSA) is 102 Å². The summed E-state index contributed by atoms with van der Waals surface area (Å²) >= 11 is 1.21. The number of aliphatic hydroxyl groups excluding tert-OH is 1. The lowest BCUT2D eigenvalue weighted by molar-refractivity contribution is -0.159. The first-order valence-corrected chi connectivity index (χ1v) is 12.6. The molecule has 0 bridgehead atoms. The van der Waals surface area contributed by atoms with E-state index in [1.807, 2.05) is 18.2 Å². The highest BCUT2D eigenvalue weighted by atomic mass is 32.1. The van der Waals surface area contributed by atoms with Gasteiger partial charge in [-0.2, -0.15) is 0 Å². The Morgan fingerprint density at radius 3 is 2.44 bits per heavy atom. The summed E-state index contributed by atoms with van der Waals surface area (Å²) in [6.07, 6.45) is -2.09. The van der Waals surface area contributed by atoms with Crippen LogP contribution < -0.4 is 11.1 Å². The van der Waals surface area contributed by atoms with Crippen LogP contribution in [0.2, 0.25) is 0 Å². The van der Waals surface area contributed by atoms with Crippen molar-refractivity contribution < 1.29 is 28.2 Å². The van der Waals surface area contributed by atoms with E-state index in [-0.39, 0.29) is 18.7 Å². The van der Waals surface area contributed by atoms with E-state index in [4.69, 9.17) is 10.5 Å². The van der Waals surface area contributed by atoms with Crippen LogP contribution in [-0.4, -0.2) is 41.7 Å². The Balaban J connectivity index is 1.66. The first-order valence-electron chi connectivity index (χ1n) is 11.7. The third-order valence-electron chi connectivity index (χ3n) is 5.66. The monoisotopic (exact) mass is 516 g/mol. The van der Waals surface area contributed by atoms with Crippen molar-refractivity contribution in [3.63, 3.8) is 0 Å². The van der Waals surface area contributed by atoms with E-state index in [2.05, 4.69) is 18.3 Å². The van der Waals surface area contributed by atoms with Gasteiger partial charge in [0, 0.05) is 31.6 Å². The third kappa shape index (κ3) is 8.30. The number of ether oxygens (including phenoxy) is 1. The van der Waals surface area contributed by atoms with Gasteiger partial charge in [0.2, 0.25) is 0 Å². The molecule has 0 radical (unpaired) electrons. The Bertz CT molecular complexity index is 1140. The standard InChI is InChI=1S/C27H30F2N2O4S/c1-2-17-5-3-6-18(9-17)15-31-16-25(22(30)12-19-10-20(28)13-21(29)11-19)35-27(34)24(33)14-23(32)26-7-4-8-36-26/h3-11,13,22,24-25,31,33H,2,12,14-16,30H2,1H3/t22-,24?,25+/m0/s1. The van der Waals surface area contributed by atoms with Crippen molar-refractivity contribution in [2.45, 2.75) is 51.0 Å². The van der Waals surface area contributed by atoms with Gasteiger partial charge in [0.15, 0.2) is 11.9 Å². The van der Waals surface area contributed by atoms with Gasteiger partial charge in [0.1, 0.15) is 17.7 Å². The largest absolute Gasteiger partial charge is 0.457 e. The minimum Gasteiger partial charge on any atom is -0.457 e. The summed E-state index contributed by atoms with van der Waals surface area (Å²) in [4.78, 5) is 25.3. The lowest BCUT2D eigenvalue weighted by Gasteiger charge is -2.26. The van der Waals surface area contributed by atoms with Crippen molar-refractivity contribution in [1.82, 2.24) is 5.32 Å². The van der Waals surface area contributed by atoms with Gasteiger partial charge in [-0.25, -0.2) is 13.6 Å². The minimum atomic E-state index is -1.66. The fourth-order valence-electron chi connectivity index (χ4n) is 3.76. The number of rotatable bonds is 13. The summed E-state index contributed by atoms with van der Waals surface area (Å²) < 4.78 is 32.8. The Morgan fingerprint density at radius 2 is 1.78 bits per heavy atom. The van der Waals surface area contributed by atoms with Crippen LogP contribution in [0, 0.1) is 11.6 Å². The predicted octanol–water partition coefficient (Wildman–Crippen LogP) is 3.79. The number of carbonyl (C=O) groups is 2. The molecule has 3 atom stereocenters. The zero-order valence-electron chi connectivity index (χ0n) is 20.0. The molecule has 4 N–H and O–H groups in total. The predicted molar refractivity (Wildman–Crippen MR) is 135 cm³/mol. The Hall–Kier alpha value is -2.98. The number of thiophene rings is 1. The van der Waals surface area contributed by atoms with Crippen LogP contribution in [0.15, 0.2) is 60.0 Å². The third-order valence-corrected chi connectivity index (χ3v) is 6.57. The molecule has 0 fully saturated rings. The van der Waals surface area contributed by atoms with E-state index in [0.29, 0.717) is 17.0 Å². The van der Waals surface area contributed by atoms with Crippen molar-refractivity contribution in [3.8, 4) is 0 Å². The van der Waals surface area contributed by atoms with Crippen molar-refractivity contribution in [2.75, 3.05) is 6.54 Å². The van der Waals surface area contributed by atoms with E-state index in [1.165, 1.54) is 29.0 Å². The van der Waals surface area contributed by atoms with Crippen molar-refractivity contribution in [2.24, 2.45) is 5.73 Å². The zero-order valence-corrected chi connectivity index (χ0v) is 20.8. The van der Waals surface area contributed by atoms with Crippen molar-refractivity contribution in [3.05, 3.63) is 93.2 Å². The number of halogens is 2. The highest BCUT2D eigenvalue weighted by molar-refractivity contribution is 7.12. The molecule has 6 nitrogen and oxygen atoms in total. The summed E-state index contributed by atoms with van der Waals surface area (Å²) in [5, 5.41) is 15.2. The molecular formula is C27H30F2N2O4S. The zero-order chi connectivity index (χ0) is 26.1. The van der Waals surface area contributed by atoms with Crippen LogP contribution in [-0.2, 0) is 28.9 Å². The average molecular weight is 517 g/mol. The van der Waals surface area contributed by atoms with Crippen LogP contribution in [0.3, 0.4) is 0 Å². The van der Waals surface area contributed by atoms with E-state index < -0.39 is 42.3 Å². The second-order valence-electron chi connectivity index (χ2n) is 8.55. The molecule has 2 aromatic carbocycles. The number of Topliss-reactive ketones (excluding diaryl/α,β-unsaturated/α-hetero) is 1. The average Bonchev–Trinajstić information content (AvgIpc) is 3.38. The Labute approximate surface area is 213 Å². The number of nitrogens with one attached hydrogen (secondary N) is 1. The molecule has 0 aliphatic rings. The van der Waals surface area contributed by atoms with E-state index >= 15 is 0 Å². The first-order chi connectivity index (χ1) is 17.2. The molecule has 9 heteroatoms. The van der Waals surface area contributed by atoms with Gasteiger partial charge < -0.3 is 20.9 Å². The molecule has 0 amide bonds. The highest BCUT2D eigenvalue weighted by Crippen LogP contribution is 2.15. The SMILES string of the molecule is CCc1cccc(CNC[C@@H](OC(=O)C(O)CC(=O)c2cccs2)[C@@H](N)Cc2cc(F)cc(F)c2)c1. The number of esters is 1. The van der Waals surface area contributed by atoms with E-state index in [0.717, 1.165) is 18.1 Å². The molecule has 36 heavy (non-hydrogen) atoms. The second-order valence-corrected chi connectivity index (χ2v) is 9.49. The van der Waals surface area contributed by atoms with Gasteiger partial charge in [-0.3, -0.25) is 4.79 Å².